The molecule has 3 atom stereocenters. The van der Waals surface area contributed by atoms with Crippen molar-refractivity contribution in [1.29, 1.82) is 0 Å². The van der Waals surface area contributed by atoms with Crippen molar-refractivity contribution in [2.24, 2.45) is 11.3 Å². The third-order valence-electron chi connectivity index (χ3n) is 5.19. The van der Waals surface area contributed by atoms with Gasteiger partial charge in [-0.3, -0.25) is 4.90 Å². The number of rotatable bonds is 2. The monoisotopic (exact) mass is 269 g/mol. The zero-order valence-electron chi connectivity index (χ0n) is 13.1. The van der Waals surface area contributed by atoms with Gasteiger partial charge in [0, 0.05) is 25.3 Å². The Balaban J connectivity index is 2.07. The third kappa shape index (κ3) is 3.71. The van der Waals surface area contributed by atoms with Crippen LogP contribution in [0.2, 0.25) is 0 Å². The van der Waals surface area contributed by atoms with E-state index in [1.54, 1.807) is 0 Å². The van der Waals surface area contributed by atoms with Gasteiger partial charge in [0.2, 0.25) is 0 Å². The molecule has 19 heavy (non-hydrogen) atoms. The van der Waals surface area contributed by atoms with E-state index in [2.05, 4.69) is 32.7 Å². The van der Waals surface area contributed by atoms with E-state index >= 15 is 0 Å². The predicted molar refractivity (Wildman–Crippen MR) is 78.2 cm³/mol. The van der Waals surface area contributed by atoms with Gasteiger partial charge in [-0.1, -0.05) is 20.8 Å². The molecular formula is C16H31NO2. The van der Waals surface area contributed by atoms with E-state index in [-0.39, 0.29) is 6.10 Å². The van der Waals surface area contributed by atoms with E-state index in [0.29, 0.717) is 23.4 Å². The van der Waals surface area contributed by atoms with Crippen LogP contribution >= 0.6 is 0 Å². The summed E-state index contributed by atoms with van der Waals surface area (Å²) in [5.74, 6) is 0.684. The molecule has 3 unspecified atom stereocenters. The molecule has 0 aromatic carbocycles. The van der Waals surface area contributed by atoms with Gasteiger partial charge in [0.15, 0.2) is 0 Å². The second-order valence-electron chi connectivity index (χ2n) is 7.52. The van der Waals surface area contributed by atoms with Crippen LogP contribution in [0.1, 0.15) is 52.9 Å². The van der Waals surface area contributed by atoms with E-state index < -0.39 is 0 Å². The second-order valence-corrected chi connectivity index (χ2v) is 7.52. The fourth-order valence-electron chi connectivity index (χ4n) is 3.95. The average molecular weight is 269 g/mol. The predicted octanol–water partition coefficient (Wildman–Crippen LogP) is 2.67. The molecule has 0 spiro atoms. The molecule has 2 aliphatic rings. The molecule has 1 aliphatic heterocycles. The molecule has 0 aromatic rings. The van der Waals surface area contributed by atoms with Crippen LogP contribution in [0.4, 0.5) is 0 Å². The summed E-state index contributed by atoms with van der Waals surface area (Å²) in [6.45, 7) is 8.83. The molecule has 2 fully saturated rings. The highest BCUT2D eigenvalue weighted by Gasteiger charge is 2.40. The Bertz CT molecular complexity index is 281. The summed E-state index contributed by atoms with van der Waals surface area (Å²) in [4.78, 5) is 2.56. The topological polar surface area (TPSA) is 32.7 Å². The SMILES string of the molecule is CN(C1CCOCC1)C1CC(O)CCC1C(C)(C)C. The maximum absolute atomic E-state index is 10.1. The zero-order chi connectivity index (χ0) is 14.0. The summed E-state index contributed by atoms with van der Waals surface area (Å²) >= 11 is 0. The van der Waals surface area contributed by atoms with E-state index in [9.17, 15) is 5.11 Å². The summed E-state index contributed by atoms with van der Waals surface area (Å²) in [6, 6.07) is 1.15. The first-order chi connectivity index (χ1) is 8.89. The van der Waals surface area contributed by atoms with Crippen LogP contribution in [0.25, 0.3) is 0 Å². The Morgan fingerprint density at radius 3 is 2.26 bits per heavy atom. The number of ether oxygens (including phenoxy) is 1. The summed E-state index contributed by atoms with van der Waals surface area (Å²) < 4.78 is 5.48. The molecule has 3 nitrogen and oxygen atoms in total. The lowest BCUT2D eigenvalue weighted by Crippen LogP contribution is -2.52. The van der Waals surface area contributed by atoms with Crippen molar-refractivity contribution in [3.05, 3.63) is 0 Å². The number of hydrogen-bond donors (Lipinski definition) is 1. The highest BCUT2D eigenvalue weighted by atomic mass is 16.5. The molecule has 2 rings (SSSR count). The molecule has 1 saturated carbocycles. The van der Waals surface area contributed by atoms with Crippen molar-refractivity contribution in [1.82, 2.24) is 4.90 Å². The Hall–Kier alpha value is -0.120. The van der Waals surface area contributed by atoms with E-state index in [0.717, 1.165) is 45.3 Å². The second kappa shape index (κ2) is 6.11. The van der Waals surface area contributed by atoms with E-state index in [1.807, 2.05) is 0 Å². The lowest BCUT2D eigenvalue weighted by Gasteiger charge is -2.48. The van der Waals surface area contributed by atoms with Gasteiger partial charge in [-0.15, -0.1) is 0 Å². The van der Waals surface area contributed by atoms with Crippen molar-refractivity contribution in [2.75, 3.05) is 20.3 Å². The standard InChI is InChI=1S/C16H31NO2/c1-16(2,3)14-6-5-13(18)11-15(14)17(4)12-7-9-19-10-8-12/h12-15,18H,5-11H2,1-4H3. The average Bonchev–Trinajstić information content (AvgIpc) is 2.37. The van der Waals surface area contributed by atoms with Crippen LogP contribution in [0, 0.1) is 11.3 Å². The van der Waals surface area contributed by atoms with Gasteiger partial charge in [0.1, 0.15) is 0 Å². The van der Waals surface area contributed by atoms with Crippen LogP contribution < -0.4 is 0 Å². The maximum Gasteiger partial charge on any atom is 0.0555 e. The minimum atomic E-state index is -0.106. The number of hydrogen-bond acceptors (Lipinski definition) is 3. The van der Waals surface area contributed by atoms with Gasteiger partial charge >= 0.3 is 0 Å². The quantitative estimate of drug-likeness (QED) is 0.836. The molecule has 0 radical (unpaired) electrons. The summed E-state index contributed by atoms with van der Waals surface area (Å²) in [5.41, 5.74) is 0.324. The fourth-order valence-corrected chi connectivity index (χ4v) is 3.95. The van der Waals surface area contributed by atoms with Crippen LogP contribution in [-0.4, -0.2) is 48.5 Å². The van der Waals surface area contributed by atoms with Crippen LogP contribution in [0.5, 0.6) is 0 Å². The van der Waals surface area contributed by atoms with Gasteiger partial charge in [-0.25, -0.2) is 0 Å². The summed E-state index contributed by atoms with van der Waals surface area (Å²) in [6.07, 6.45) is 5.24. The van der Waals surface area contributed by atoms with Crippen molar-refractivity contribution < 1.29 is 9.84 Å². The molecule has 1 N–H and O–H groups in total. The summed E-state index contributed by atoms with van der Waals surface area (Å²) in [5, 5.41) is 10.1. The Morgan fingerprint density at radius 2 is 1.68 bits per heavy atom. The van der Waals surface area contributed by atoms with Crippen molar-refractivity contribution >= 4 is 0 Å². The first-order valence-electron chi connectivity index (χ1n) is 7.87. The van der Waals surface area contributed by atoms with Gasteiger partial charge < -0.3 is 9.84 Å². The first-order valence-corrected chi connectivity index (χ1v) is 7.87. The molecular weight excluding hydrogens is 238 g/mol. The minimum Gasteiger partial charge on any atom is -0.393 e. The largest absolute Gasteiger partial charge is 0.393 e. The number of nitrogens with zero attached hydrogens (tertiary/aromatic N) is 1. The van der Waals surface area contributed by atoms with Gasteiger partial charge in [-0.05, 0) is 50.5 Å². The number of aliphatic hydroxyl groups is 1. The molecule has 0 aromatic heterocycles. The smallest absolute Gasteiger partial charge is 0.0555 e. The Labute approximate surface area is 118 Å². The number of aliphatic hydroxyl groups excluding tert-OH is 1. The van der Waals surface area contributed by atoms with Gasteiger partial charge in [-0.2, -0.15) is 0 Å². The highest BCUT2D eigenvalue weighted by Crippen LogP contribution is 2.41. The van der Waals surface area contributed by atoms with Crippen LogP contribution in [0.15, 0.2) is 0 Å². The lowest BCUT2D eigenvalue weighted by molar-refractivity contribution is -0.0400. The maximum atomic E-state index is 10.1. The molecule has 1 saturated heterocycles. The minimum absolute atomic E-state index is 0.106. The van der Waals surface area contributed by atoms with Crippen LogP contribution in [0.3, 0.4) is 0 Å². The Kier molecular flexibility index (Phi) is 4.91. The van der Waals surface area contributed by atoms with Crippen molar-refractivity contribution in [2.45, 2.75) is 71.1 Å². The Morgan fingerprint density at radius 1 is 1.05 bits per heavy atom. The van der Waals surface area contributed by atoms with Crippen LogP contribution in [-0.2, 0) is 4.74 Å². The molecule has 3 heteroatoms. The normalized spacial score (nSPS) is 34.7. The highest BCUT2D eigenvalue weighted by molar-refractivity contribution is 4.93. The molecule has 0 amide bonds. The fraction of sp³-hybridized carbons (Fsp3) is 1.00. The molecule has 112 valence electrons. The van der Waals surface area contributed by atoms with Gasteiger partial charge in [0.05, 0.1) is 6.10 Å². The lowest BCUT2D eigenvalue weighted by atomic mass is 9.68. The first kappa shape index (κ1) is 15.3. The van der Waals surface area contributed by atoms with Crippen molar-refractivity contribution in [3.63, 3.8) is 0 Å². The molecule has 1 heterocycles. The van der Waals surface area contributed by atoms with E-state index in [1.165, 1.54) is 0 Å². The van der Waals surface area contributed by atoms with E-state index in [4.69, 9.17) is 4.74 Å². The van der Waals surface area contributed by atoms with Crippen molar-refractivity contribution in [3.8, 4) is 0 Å². The zero-order valence-corrected chi connectivity index (χ0v) is 13.1. The third-order valence-corrected chi connectivity index (χ3v) is 5.19. The molecule has 1 aliphatic carbocycles. The van der Waals surface area contributed by atoms with Gasteiger partial charge in [0.25, 0.3) is 0 Å². The summed E-state index contributed by atoms with van der Waals surface area (Å²) in [7, 11) is 2.26. The molecule has 0 bridgehead atoms.